The minimum Gasteiger partial charge on any atom is -0.307 e. The van der Waals surface area contributed by atoms with Crippen molar-refractivity contribution in [1.29, 1.82) is 0 Å². The first-order valence-corrected chi connectivity index (χ1v) is 7.66. The van der Waals surface area contributed by atoms with E-state index < -0.39 is 0 Å². The van der Waals surface area contributed by atoms with E-state index in [1.54, 1.807) is 11.3 Å². The van der Waals surface area contributed by atoms with Crippen LogP contribution in [-0.2, 0) is 12.3 Å². The molecular formula is C14H17NOS2. The molecule has 0 N–H and O–H groups in total. The number of thiophene rings is 1. The Morgan fingerprint density at radius 3 is 2.78 bits per heavy atom. The zero-order valence-electron chi connectivity index (χ0n) is 10.4. The van der Waals surface area contributed by atoms with Crippen molar-refractivity contribution in [3.05, 3.63) is 45.6 Å². The Morgan fingerprint density at radius 2 is 2.17 bits per heavy atom. The largest absolute Gasteiger partial charge is 0.307 e. The van der Waals surface area contributed by atoms with Crippen molar-refractivity contribution in [1.82, 2.24) is 4.57 Å². The minimum atomic E-state index is 0.101. The fourth-order valence-corrected chi connectivity index (χ4v) is 2.92. The highest BCUT2D eigenvalue weighted by atomic mass is 32.1. The molecule has 0 bridgehead atoms. The van der Waals surface area contributed by atoms with Gasteiger partial charge in [0.2, 0.25) is 0 Å². The van der Waals surface area contributed by atoms with E-state index in [0.717, 1.165) is 35.5 Å². The second-order valence-corrected chi connectivity index (χ2v) is 5.45. The van der Waals surface area contributed by atoms with Crippen molar-refractivity contribution in [2.45, 2.75) is 32.1 Å². The van der Waals surface area contributed by atoms with Gasteiger partial charge >= 0.3 is 0 Å². The van der Waals surface area contributed by atoms with Gasteiger partial charge in [-0.05, 0) is 23.9 Å². The standard InChI is InChI=1S/C14H17NOS2/c1-2-3-8-15-12(13-5-4-9-18-13)7-6-11(10-17)14(15)16/h4-7,9,17H,2-3,8,10H2,1H3. The molecule has 0 radical (unpaired) electrons. The summed E-state index contributed by atoms with van der Waals surface area (Å²) < 4.78 is 1.89. The molecule has 2 nitrogen and oxygen atoms in total. The molecule has 0 amide bonds. The molecular weight excluding hydrogens is 262 g/mol. The highest BCUT2D eigenvalue weighted by Crippen LogP contribution is 2.24. The summed E-state index contributed by atoms with van der Waals surface area (Å²) in [6.07, 6.45) is 2.11. The molecule has 2 rings (SSSR count). The Morgan fingerprint density at radius 1 is 1.33 bits per heavy atom. The molecule has 0 aliphatic heterocycles. The van der Waals surface area contributed by atoms with Crippen LogP contribution in [0.5, 0.6) is 0 Å². The molecule has 18 heavy (non-hydrogen) atoms. The third-order valence-electron chi connectivity index (χ3n) is 2.93. The molecule has 0 aliphatic rings. The van der Waals surface area contributed by atoms with Crippen LogP contribution in [0.4, 0.5) is 0 Å². The zero-order chi connectivity index (χ0) is 13.0. The first-order valence-electron chi connectivity index (χ1n) is 6.15. The number of unbranched alkanes of at least 4 members (excludes halogenated alkanes) is 1. The van der Waals surface area contributed by atoms with E-state index in [0.29, 0.717) is 5.75 Å². The van der Waals surface area contributed by atoms with Crippen molar-refractivity contribution in [2.24, 2.45) is 0 Å². The Labute approximate surface area is 117 Å². The molecule has 0 aliphatic carbocycles. The van der Waals surface area contributed by atoms with Crippen molar-refractivity contribution < 1.29 is 0 Å². The smallest absolute Gasteiger partial charge is 0.255 e. The van der Waals surface area contributed by atoms with Gasteiger partial charge < -0.3 is 4.57 Å². The van der Waals surface area contributed by atoms with Gasteiger partial charge in [-0.25, -0.2) is 0 Å². The lowest BCUT2D eigenvalue weighted by Gasteiger charge is -2.12. The van der Waals surface area contributed by atoms with E-state index in [1.165, 1.54) is 0 Å². The lowest BCUT2D eigenvalue weighted by atomic mass is 10.2. The first kappa shape index (κ1) is 13.4. The van der Waals surface area contributed by atoms with Gasteiger partial charge in [-0.3, -0.25) is 4.79 Å². The third-order valence-corrected chi connectivity index (χ3v) is 4.17. The molecule has 0 fully saturated rings. The van der Waals surface area contributed by atoms with Gasteiger partial charge in [0.05, 0.1) is 10.6 Å². The molecule has 2 heterocycles. The molecule has 2 aromatic heterocycles. The summed E-state index contributed by atoms with van der Waals surface area (Å²) in [6, 6.07) is 8.00. The van der Waals surface area contributed by atoms with Crippen LogP contribution < -0.4 is 5.56 Å². The quantitative estimate of drug-likeness (QED) is 0.826. The van der Waals surface area contributed by atoms with Crippen LogP contribution in [0.25, 0.3) is 10.6 Å². The van der Waals surface area contributed by atoms with Crippen LogP contribution in [0.1, 0.15) is 25.3 Å². The van der Waals surface area contributed by atoms with Crippen LogP contribution in [0.2, 0.25) is 0 Å². The Kier molecular flexibility index (Phi) is 4.66. The normalized spacial score (nSPS) is 10.8. The topological polar surface area (TPSA) is 22.0 Å². The summed E-state index contributed by atoms with van der Waals surface area (Å²) in [5.41, 5.74) is 1.90. The van der Waals surface area contributed by atoms with Crippen molar-refractivity contribution in [2.75, 3.05) is 0 Å². The number of pyridine rings is 1. The predicted octanol–water partition coefficient (Wildman–Crippen LogP) is 3.81. The van der Waals surface area contributed by atoms with Crippen LogP contribution in [0, 0.1) is 0 Å². The van der Waals surface area contributed by atoms with Crippen LogP contribution in [0.3, 0.4) is 0 Å². The number of hydrogen-bond donors (Lipinski definition) is 1. The van der Waals surface area contributed by atoms with Gasteiger partial charge in [0.25, 0.3) is 5.56 Å². The van der Waals surface area contributed by atoms with E-state index in [-0.39, 0.29) is 5.56 Å². The summed E-state index contributed by atoms with van der Waals surface area (Å²) in [7, 11) is 0. The van der Waals surface area contributed by atoms with E-state index >= 15 is 0 Å². The minimum absolute atomic E-state index is 0.101. The van der Waals surface area contributed by atoms with Crippen molar-refractivity contribution in [3.63, 3.8) is 0 Å². The average Bonchev–Trinajstić information content (AvgIpc) is 2.90. The lowest BCUT2D eigenvalue weighted by molar-refractivity contribution is 0.616. The molecule has 0 saturated heterocycles. The number of aromatic nitrogens is 1. The monoisotopic (exact) mass is 279 g/mol. The summed E-state index contributed by atoms with van der Waals surface area (Å²) in [6.45, 7) is 2.92. The van der Waals surface area contributed by atoms with Crippen LogP contribution in [0.15, 0.2) is 34.4 Å². The lowest BCUT2D eigenvalue weighted by Crippen LogP contribution is -2.24. The highest BCUT2D eigenvalue weighted by Gasteiger charge is 2.09. The van der Waals surface area contributed by atoms with Gasteiger partial charge in [0, 0.05) is 17.9 Å². The predicted molar refractivity (Wildman–Crippen MR) is 81.6 cm³/mol. The van der Waals surface area contributed by atoms with Gasteiger partial charge in [-0.1, -0.05) is 25.5 Å². The summed E-state index contributed by atoms with van der Waals surface area (Å²) in [5, 5.41) is 2.04. The molecule has 4 heteroatoms. The van der Waals surface area contributed by atoms with Crippen LogP contribution in [-0.4, -0.2) is 4.57 Å². The van der Waals surface area contributed by atoms with E-state index in [9.17, 15) is 4.79 Å². The molecule has 0 unspecified atom stereocenters. The van der Waals surface area contributed by atoms with Gasteiger partial charge in [0.1, 0.15) is 0 Å². The number of thiol groups is 1. The molecule has 0 saturated carbocycles. The Hall–Kier alpha value is -1.00. The maximum Gasteiger partial charge on any atom is 0.255 e. The van der Waals surface area contributed by atoms with Crippen molar-refractivity contribution in [3.8, 4) is 10.6 Å². The average molecular weight is 279 g/mol. The highest BCUT2D eigenvalue weighted by molar-refractivity contribution is 7.79. The molecule has 2 aromatic rings. The fraction of sp³-hybridized carbons (Fsp3) is 0.357. The molecule has 0 aromatic carbocycles. The van der Waals surface area contributed by atoms with E-state index in [4.69, 9.17) is 0 Å². The van der Waals surface area contributed by atoms with Crippen molar-refractivity contribution >= 4 is 24.0 Å². The van der Waals surface area contributed by atoms with Gasteiger partial charge in [0.15, 0.2) is 0 Å². The van der Waals surface area contributed by atoms with Crippen LogP contribution >= 0.6 is 24.0 Å². The van der Waals surface area contributed by atoms with Gasteiger partial charge in [-0.15, -0.1) is 11.3 Å². The fourth-order valence-electron chi connectivity index (χ4n) is 1.92. The second kappa shape index (κ2) is 6.25. The summed E-state index contributed by atoms with van der Waals surface area (Å²) in [5.74, 6) is 0.496. The molecule has 0 atom stereocenters. The molecule has 96 valence electrons. The maximum atomic E-state index is 12.3. The number of rotatable bonds is 5. The zero-order valence-corrected chi connectivity index (χ0v) is 12.1. The maximum absolute atomic E-state index is 12.3. The second-order valence-electron chi connectivity index (χ2n) is 4.19. The Bertz CT molecular complexity index is 558. The first-order chi connectivity index (χ1) is 8.77. The third kappa shape index (κ3) is 2.70. The number of nitrogens with zero attached hydrogens (tertiary/aromatic N) is 1. The number of hydrogen-bond acceptors (Lipinski definition) is 3. The van der Waals surface area contributed by atoms with E-state index in [1.807, 2.05) is 28.1 Å². The summed E-state index contributed by atoms with van der Waals surface area (Å²) in [4.78, 5) is 13.5. The Balaban J connectivity index is 2.52. The SMILES string of the molecule is CCCCn1c(-c2cccs2)ccc(CS)c1=O. The molecule has 0 spiro atoms. The van der Waals surface area contributed by atoms with E-state index in [2.05, 4.69) is 25.6 Å². The summed E-state index contributed by atoms with van der Waals surface area (Å²) >= 11 is 5.88. The van der Waals surface area contributed by atoms with Gasteiger partial charge in [-0.2, -0.15) is 12.6 Å².